The zero-order chi connectivity index (χ0) is 24.7. The second-order valence-electron chi connectivity index (χ2n) is 8.98. The normalized spacial score (nSPS) is 17.5. The third-order valence-corrected chi connectivity index (χ3v) is 6.66. The number of Topliss-reactive ketones (excluding diaryl/α,β-unsaturated/α-hetero) is 1. The third kappa shape index (κ3) is 4.01. The molecule has 1 unspecified atom stereocenters. The van der Waals surface area contributed by atoms with Gasteiger partial charge in [0.2, 0.25) is 0 Å². The van der Waals surface area contributed by atoms with Gasteiger partial charge in [-0.25, -0.2) is 4.39 Å². The predicted molar refractivity (Wildman–Crippen MR) is 133 cm³/mol. The first-order valence-electron chi connectivity index (χ1n) is 11.5. The summed E-state index contributed by atoms with van der Waals surface area (Å²) in [5, 5.41) is 12.3. The smallest absolute Gasteiger partial charge is 0.295 e. The molecule has 1 saturated heterocycles. The molecule has 1 aliphatic rings. The summed E-state index contributed by atoms with van der Waals surface area (Å²) < 4.78 is 13.4. The summed E-state index contributed by atoms with van der Waals surface area (Å²) in [6, 6.07) is 18.6. The van der Waals surface area contributed by atoms with E-state index in [0.29, 0.717) is 12.0 Å². The summed E-state index contributed by atoms with van der Waals surface area (Å²) in [5.41, 5.74) is 4.82. The molecular weight excluding hydrogens is 443 g/mol. The van der Waals surface area contributed by atoms with Crippen molar-refractivity contribution in [2.75, 3.05) is 6.54 Å². The lowest BCUT2D eigenvalue weighted by Gasteiger charge is -2.25. The van der Waals surface area contributed by atoms with Crippen molar-refractivity contribution >= 4 is 28.4 Å². The molecule has 1 aliphatic heterocycles. The van der Waals surface area contributed by atoms with Gasteiger partial charge in [-0.05, 0) is 55.7 Å². The zero-order valence-electron chi connectivity index (χ0n) is 19.5. The van der Waals surface area contributed by atoms with Crippen LogP contribution in [0.25, 0.3) is 16.7 Å². The minimum absolute atomic E-state index is 0.0764. The number of nitrogens with zero attached hydrogens (tertiary/aromatic N) is 1. The summed E-state index contributed by atoms with van der Waals surface area (Å²) in [7, 11) is 0. The summed E-state index contributed by atoms with van der Waals surface area (Å²) >= 11 is 0. The van der Waals surface area contributed by atoms with Crippen LogP contribution in [0, 0.1) is 19.7 Å². The van der Waals surface area contributed by atoms with Gasteiger partial charge in [-0.2, -0.15) is 0 Å². The SMILES string of the molecule is Cc1ccc(C)c(/C(O)=C2\C(=O)C(=O)N(CCc3ccc(F)cc3)C2c2c[nH]c3ccccc23)c1. The Morgan fingerprint density at radius 3 is 2.54 bits per heavy atom. The Bertz CT molecular complexity index is 1480. The summed E-state index contributed by atoms with van der Waals surface area (Å²) in [5.74, 6) is -1.88. The molecule has 0 bridgehead atoms. The van der Waals surface area contributed by atoms with Crippen molar-refractivity contribution in [2.45, 2.75) is 26.3 Å². The van der Waals surface area contributed by atoms with E-state index in [2.05, 4.69) is 4.98 Å². The van der Waals surface area contributed by atoms with Gasteiger partial charge in [-0.1, -0.05) is 48.0 Å². The molecule has 5 rings (SSSR count). The number of aryl methyl sites for hydroxylation is 2. The number of halogens is 1. The van der Waals surface area contributed by atoms with Crippen molar-refractivity contribution < 1.29 is 19.1 Å². The minimum atomic E-state index is -0.758. The van der Waals surface area contributed by atoms with E-state index in [4.69, 9.17) is 0 Å². The Morgan fingerprint density at radius 1 is 1.03 bits per heavy atom. The van der Waals surface area contributed by atoms with Crippen molar-refractivity contribution in [2.24, 2.45) is 0 Å². The van der Waals surface area contributed by atoms with Gasteiger partial charge in [0, 0.05) is 34.8 Å². The Labute approximate surface area is 202 Å². The molecule has 2 heterocycles. The topological polar surface area (TPSA) is 73.4 Å². The van der Waals surface area contributed by atoms with E-state index in [1.807, 2.05) is 56.3 Å². The van der Waals surface area contributed by atoms with Crippen LogP contribution < -0.4 is 0 Å². The molecule has 176 valence electrons. The Hall–Kier alpha value is -4.19. The number of nitrogens with one attached hydrogen (secondary N) is 1. The molecule has 1 atom stereocenters. The van der Waals surface area contributed by atoms with Crippen molar-refractivity contribution in [3.63, 3.8) is 0 Å². The summed E-state index contributed by atoms with van der Waals surface area (Å²) in [4.78, 5) is 31.4. The highest BCUT2D eigenvalue weighted by Gasteiger charge is 2.46. The number of amides is 1. The van der Waals surface area contributed by atoms with Gasteiger partial charge in [0.1, 0.15) is 11.6 Å². The predicted octanol–water partition coefficient (Wildman–Crippen LogP) is 5.59. The van der Waals surface area contributed by atoms with Crippen LogP contribution in [0.2, 0.25) is 0 Å². The monoisotopic (exact) mass is 468 g/mol. The van der Waals surface area contributed by atoms with Gasteiger partial charge < -0.3 is 15.0 Å². The summed E-state index contributed by atoms with van der Waals surface area (Å²) in [6.45, 7) is 4.01. The average molecular weight is 469 g/mol. The van der Waals surface area contributed by atoms with Crippen molar-refractivity contribution in [3.8, 4) is 0 Å². The van der Waals surface area contributed by atoms with Crippen LogP contribution in [0.3, 0.4) is 0 Å². The highest BCUT2D eigenvalue weighted by atomic mass is 19.1. The molecular formula is C29H25FN2O3. The third-order valence-electron chi connectivity index (χ3n) is 6.66. The zero-order valence-corrected chi connectivity index (χ0v) is 19.5. The van der Waals surface area contributed by atoms with E-state index in [9.17, 15) is 19.1 Å². The van der Waals surface area contributed by atoms with Crippen molar-refractivity contribution in [3.05, 3.63) is 112 Å². The number of aromatic nitrogens is 1. The van der Waals surface area contributed by atoms with Crippen LogP contribution >= 0.6 is 0 Å². The number of rotatable bonds is 5. The van der Waals surface area contributed by atoms with Gasteiger partial charge in [-0.3, -0.25) is 9.59 Å². The minimum Gasteiger partial charge on any atom is -0.507 e. The molecule has 0 saturated carbocycles. The lowest BCUT2D eigenvalue weighted by atomic mass is 9.93. The fourth-order valence-electron chi connectivity index (χ4n) is 4.79. The maximum Gasteiger partial charge on any atom is 0.295 e. The highest BCUT2D eigenvalue weighted by molar-refractivity contribution is 6.46. The van der Waals surface area contributed by atoms with Gasteiger partial charge >= 0.3 is 0 Å². The number of aliphatic hydroxyl groups excluding tert-OH is 1. The molecule has 1 amide bonds. The maximum atomic E-state index is 13.4. The van der Waals surface area contributed by atoms with Gasteiger partial charge in [0.05, 0.1) is 11.6 Å². The Morgan fingerprint density at radius 2 is 1.77 bits per heavy atom. The number of carbonyl (C=O) groups is 2. The number of ketones is 1. The number of likely N-dealkylation sites (tertiary alicyclic amines) is 1. The Kier molecular flexibility index (Phi) is 5.73. The van der Waals surface area contributed by atoms with Gasteiger partial charge in [0.25, 0.3) is 11.7 Å². The van der Waals surface area contributed by atoms with Gasteiger partial charge in [-0.15, -0.1) is 0 Å². The highest BCUT2D eigenvalue weighted by Crippen LogP contribution is 2.42. The first kappa shape index (κ1) is 22.6. The molecule has 0 radical (unpaired) electrons. The molecule has 1 aromatic heterocycles. The largest absolute Gasteiger partial charge is 0.507 e. The van der Waals surface area contributed by atoms with Crippen LogP contribution in [0.4, 0.5) is 4.39 Å². The first-order valence-corrected chi connectivity index (χ1v) is 11.5. The number of aliphatic hydroxyl groups is 1. The number of hydrogen-bond donors (Lipinski definition) is 2. The Balaban J connectivity index is 1.65. The van der Waals surface area contributed by atoms with Crippen LogP contribution in [-0.2, 0) is 16.0 Å². The first-order chi connectivity index (χ1) is 16.8. The van der Waals surface area contributed by atoms with E-state index in [-0.39, 0.29) is 23.7 Å². The number of hydrogen-bond acceptors (Lipinski definition) is 3. The molecule has 4 aromatic rings. The molecule has 5 nitrogen and oxygen atoms in total. The number of aromatic amines is 1. The van der Waals surface area contributed by atoms with Crippen molar-refractivity contribution in [1.29, 1.82) is 0 Å². The van der Waals surface area contributed by atoms with Crippen LogP contribution in [0.1, 0.15) is 33.9 Å². The fraction of sp³-hybridized carbons (Fsp3) is 0.172. The van der Waals surface area contributed by atoms with E-state index in [1.165, 1.54) is 17.0 Å². The second kappa shape index (κ2) is 8.87. The number of carbonyl (C=O) groups excluding carboxylic acids is 2. The van der Waals surface area contributed by atoms with E-state index >= 15 is 0 Å². The van der Waals surface area contributed by atoms with E-state index < -0.39 is 17.7 Å². The lowest BCUT2D eigenvalue weighted by molar-refractivity contribution is -0.139. The number of H-pyrrole nitrogens is 1. The van der Waals surface area contributed by atoms with Crippen molar-refractivity contribution in [1.82, 2.24) is 9.88 Å². The van der Waals surface area contributed by atoms with Crippen LogP contribution in [0.15, 0.2) is 78.5 Å². The fourth-order valence-corrected chi connectivity index (χ4v) is 4.79. The maximum absolute atomic E-state index is 13.4. The summed E-state index contributed by atoms with van der Waals surface area (Å²) in [6.07, 6.45) is 2.23. The molecule has 35 heavy (non-hydrogen) atoms. The lowest BCUT2D eigenvalue weighted by Crippen LogP contribution is -2.31. The standard InChI is InChI=1S/C29H25FN2O3/c1-17-7-8-18(2)22(15-17)27(33)25-26(23-16-31-24-6-4-3-5-21(23)24)32(29(35)28(25)34)14-13-19-9-11-20(30)12-10-19/h3-12,15-16,26,31,33H,13-14H2,1-2H3/b27-25+. The second-order valence-corrected chi connectivity index (χ2v) is 8.98. The molecule has 0 spiro atoms. The molecule has 0 aliphatic carbocycles. The van der Waals surface area contributed by atoms with Gasteiger partial charge in [0.15, 0.2) is 0 Å². The van der Waals surface area contributed by atoms with Crippen LogP contribution in [-0.4, -0.2) is 33.2 Å². The quantitative estimate of drug-likeness (QED) is 0.228. The number of fused-ring (bicyclic) bond motifs is 1. The molecule has 1 fully saturated rings. The number of benzene rings is 3. The van der Waals surface area contributed by atoms with Crippen LogP contribution in [0.5, 0.6) is 0 Å². The molecule has 2 N–H and O–H groups in total. The van der Waals surface area contributed by atoms with E-state index in [1.54, 1.807) is 18.3 Å². The molecule has 3 aromatic carbocycles. The van der Waals surface area contributed by atoms with E-state index in [0.717, 1.165) is 33.2 Å². The molecule has 6 heteroatoms. The average Bonchev–Trinajstić information content (AvgIpc) is 3.38. The number of para-hydroxylation sites is 1.